The van der Waals surface area contributed by atoms with Crippen LogP contribution < -0.4 is 9.88 Å². The van der Waals surface area contributed by atoms with Crippen molar-refractivity contribution in [2.45, 2.75) is 18.0 Å². The second kappa shape index (κ2) is 7.28. The van der Waals surface area contributed by atoms with Crippen LogP contribution in [0.15, 0.2) is 59.8 Å². The first-order valence-electron chi connectivity index (χ1n) is 8.12. The molecule has 0 unspecified atom stereocenters. The van der Waals surface area contributed by atoms with Gasteiger partial charge in [-0.2, -0.15) is 18.3 Å². The van der Waals surface area contributed by atoms with Crippen LogP contribution in [0.1, 0.15) is 12.5 Å². The van der Waals surface area contributed by atoms with E-state index in [9.17, 15) is 21.6 Å². The second-order valence-corrected chi connectivity index (χ2v) is 7.35. The van der Waals surface area contributed by atoms with Crippen LogP contribution in [0.2, 0.25) is 0 Å². The number of ether oxygens (including phenoxy) is 1. The number of hydrogen-bond donors (Lipinski definition) is 1. The molecule has 2 aromatic carbocycles. The number of nitrogens with two attached hydrogens (primary N) is 1. The quantitative estimate of drug-likeness (QED) is 0.695. The maximum Gasteiger partial charge on any atom is 0.418 e. The number of hydrogen-bond acceptors (Lipinski definition) is 4. The van der Waals surface area contributed by atoms with Crippen LogP contribution in [0, 0.1) is 0 Å². The van der Waals surface area contributed by atoms with Crippen molar-refractivity contribution in [2.75, 3.05) is 6.61 Å². The van der Waals surface area contributed by atoms with E-state index in [1.165, 1.54) is 18.5 Å². The van der Waals surface area contributed by atoms with E-state index in [1.54, 1.807) is 31.2 Å². The van der Waals surface area contributed by atoms with Crippen LogP contribution in [0.3, 0.4) is 0 Å². The molecule has 0 aliphatic rings. The lowest BCUT2D eigenvalue weighted by Crippen LogP contribution is -2.20. The zero-order chi connectivity index (χ0) is 20.5. The topological polar surface area (TPSA) is 87.2 Å². The van der Waals surface area contributed by atoms with E-state index in [1.807, 2.05) is 0 Å². The van der Waals surface area contributed by atoms with Gasteiger partial charge < -0.3 is 4.74 Å². The lowest BCUT2D eigenvalue weighted by Gasteiger charge is -2.18. The van der Waals surface area contributed by atoms with Crippen molar-refractivity contribution in [2.24, 2.45) is 5.14 Å². The molecule has 10 heteroatoms. The molecule has 0 amide bonds. The third-order valence-corrected chi connectivity index (χ3v) is 4.84. The molecular weight excluding hydrogens is 395 g/mol. The number of alkyl halides is 3. The molecule has 0 spiro atoms. The number of rotatable bonds is 5. The van der Waals surface area contributed by atoms with E-state index in [-0.39, 0.29) is 5.56 Å². The molecule has 0 aliphatic carbocycles. The Balaban J connectivity index is 2.29. The Morgan fingerprint density at radius 3 is 2.32 bits per heavy atom. The summed E-state index contributed by atoms with van der Waals surface area (Å²) in [5.74, 6) is 0.544. The van der Waals surface area contributed by atoms with Crippen LogP contribution in [-0.2, 0) is 16.2 Å². The monoisotopic (exact) mass is 411 g/mol. The molecule has 28 heavy (non-hydrogen) atoms. The molecule has 3 aromatic rings. The van der Waals surface area contributed by atoms with Gasteiger partial charge in [-0.1, -0.05) is 12.1 Å². The van der Waals surface area contributed by atoms with Crippen molar-refractivity contribution < 1.29 is 26.3 Å². The highest BCUT2D eigenvalue weighted by atomic mass is 32.2. The predicted molar refractivity (Wildman–Crippen MR) is 96.5 cm³/mol. The smallest absolute Gasteiger partial charge is 0.418 e. The van der Waals surface area contributed by atoms with Crippen molar-refractivity contribution >= 4 is 10.0 Å². The number of halogens is 3. The van der Waals surface area contributed by atoms with Crippen LogP contribution in [-0.4, -0.2) is 24.8 Å². The van der Waals surface area contributed by atoms with Gasteiger partial charge in [-0.3, -0.25) is 0 Å². The highest BCUT2D eigenvalue weighted by molar-refractivity contribution is 7.89. The number of benzene rings is 2. The summed E-state index contributed by atoms with van der Waals surface area (Å²) in [7, 11) is -4.48. The fourth-order valence-corrected chi connectivity index (χ4v) is 3.52. The number of aromatic nitrogens is 2. The predicted octanol–water partition coefficient (Wildman–Crippen LogP) is 3.60. The molecular formula is C18H16F3N3O3S. The minimum absolute atomic E-state index is 0.0512. The van der Waals surface area contributed by atoms with Crippen molar-refractivity contribution in [3.05, 3.63) is 60.4 Å². The summed E-state index contributed by atoms with van der Waals surface area (Å²) in [6.07, 6.45) is -2.37. The molecule has 3 rings (SSSR count). The maximum atomic E-state index is 13.8. The van der Waals surface area contributed by atoms with Crippen LogP contribution in [0.4, 0.5) is 13.2 Å². The standard InChI is InChI=1S/C18H16F3N3O3S/c1-2-27-14-6-4-12(5-7-14)13-10-15(18(19,20)21)17(24-9-3-8-23-24)16(11-13)28(22,25)26/h3-11H,2H2,1H3,(H2,22,25,26). The molecule has 0 bridgehead atoms. The molecule has 0 saturated carbocycles. The molecule has 6 nitrogen and oxygen atoms in total. The summed E-state index contributed by atoms with van der Waals surface area (Å²) in [4.78, 5) is -0.671. The molecule has 0 aliphatic heterocycles. The molecule has 1 heterocycles. The van der Waals surface area contributed by atoms with E-state index in [0.29, 0.717) is 17.9 Å². The van der Waals surface area contributed by atoms with E-state index < -0.39 is 32.3 Å². The number of nitrogens with zero attached hydrogens (tertiary/aromatic N) is 2. The minimum atomic E-state index is -4.83. The van der Waals surface area contributed by atoms with Gasteiger partial charge in [-0.25, -0.2) is 18.2 Å². The first kappa shape index (κ1) is 19.9. The second-order valence-electron chi connectivity index (χ2n) is 5.82. The summed E-state index contributed by atoms with van der Waals surface area (Å²) >= 11 is 0. The fraction of sp³-hybridized carbons (Fsp3) is 0.167. The Bertz CT molecular complexity index is 1080. The lowest BCUT2D eigenvalue weighted by molar-refractivity contribution is -0.137. The molecule has 0 saturated heterocycles. The van der Waals surface area contributed by atoms with Gasteiger partial charge in [0, 0.05) is 12.4 Å². The van der Waals surface area contributed by atoms with Crippen molar-refractivity contribution in [3.63, 3.8) is 0 Å². The molecule has 0 fully saturated rings. The first-order chi connectivity index (χ1) is 13.1. The average Bonchev–Trinajstić information content (AvgIpc) is 3.14. The van der Waals surface area contributed by atoms with E-state index >= 15 is 0 Å². The summed E-state index contributed by atoms with van der Waals surface area (Å²) in [6, 6.07) is 9.63. The van der Waals surface area contributed by atoms with Gasteiger partial charge in [0.1, 0.15) is 10.6 Å². The molecule has 0 radical (unpaired) electrons. The Kier molecular flexibility index (Phi) is 5.18. The van der Waals surface area contributed by atoms with Gasteiger partial charge in [-0.05, 0) is 48.4 Å². The average molecular weight is 411 g/mol. The third kappa shape index (κ3) is 4.02. The zero-order valence-corrected chi connectivity index (χ0v) is 15.5. The van der Waals surface area contributed by atoms with Crippen LogP contribution >= 0.6 is 0 Å². The van der Waals surface area contributed by atoms with Crippen molar-refractivity contribution in [1.29, 1.82) is 0 Å². The highest BCUT2D eigenvalue weighted by Crippen LogP contribution is 2.40. The van der Waals surface area contributed by atoms with Gasteiger partial charge in [0.2, 0.25) is 10.0 Å². The van der Waals surface area contributed by atoms with E-state index in [2.05, 4.69) is 5.10 Å². The van der Waals surface area contributed by atoms with E-state index in [4.69, 9.17) is 9.88 Å². The Morgan fingerprint density at radius 2 is 1.82 bits per heavy atom. The normalized spacial score (nSPS) is 12.2. The molecule has 2 N–H and O–H groups in total. The summed E-state index contributed by atoms with van der Waals surface area (Å²) in [5.41, 5.74) is -1.37. The molecule has 1 aromatic heterocycles. The van der Waals surface area contributed by atoms with Crippen molar-refractivity contribution in [1.82, 2.24) is 9.78 Å². The summed E-state index contributed by atoms with van der Waals surface area (Å²) < 4.78 is 71.7. The third-order valence-electron chi connectivity index (χ3n) is 3.92. The van der Waals surface area contributed by atoms with Crippen molar-refractivity contribution in [3.8, 4) is 22.6 Å². The maximum absolute atomic E-state index is 13.8. The van der Waals surface area contributed by atoms with Crippen LogP contribution in [0.25, 0.3) is 16.8 Å². The SMILES string of the molecule is CCOc1ccc(-c2cc(C(F)(F)F)c(-n3cccn3)c(S(N)(=O)=O)c2)cc1. The largest absolute Gasteiger partial charge is 0.494 e. The van der Waals surface area contributed by atoms with E-state index in [0.717, 1.165) is 16.8 Å². The summed E-state index contributed by atoms with van der Waals surface area (Å²) in [5, 5.41) is 8.98. The molecule has 148 valence electrons. The first-order valence-corrected chi connectivity index (χ1v) is 9.67. The van der Waals surface area contributed by atoms with Gasteiger partial charge in [0.05, 0.1) is 17.9 Å². The van der Waals surface area contributed by atoms with Crippen LogP contribution in [0.5, 0.6) is 5.75 Å². The molecule has 0 atom stereocenters. The zero-order valence-electron chi connectivity index (χ0n) is 14.6. The summed E-state index contributed by atoms with van der Waals surface area (Å²) in [6.45, 7) is 2.24. The highest BCUT2D eigenvalue weighted by Gasteiger charge is 2.37. The Labute approximate surface area is 159 Å². The minimum Gasteiger partial charge on any atom is -0.494 e. The van der Waals surface area contributed by atoms with Gasteiger partial charge >= 0.3 is 6.18 Å². The Morgan fingerprint density at radius 1 is 1.14 bits per heavy atom. The lowest BCUT2D eigenvalue weighted by atomic mass is 10.0. The van der Waals surface area contributed by atoms with Gasteiger partial charge in [0.15, 0.2) is 0 Å². The van der Waals surface area contributed by atoms with Gasteiger partial charge in [0.25, 0.3) is 0 Å². The number of primary sulfonamides is 1. The fourth-order valence-electron chi connectivity index (χ4n) is 2.76. The Hall–Kier alpha value is -2.85. The number of sulfonamides is 1. The van der Waals surface area contributed by atoms with Gasteiger partial charge in [-0.15, -0.1) is 0 Å².